The predicted octanol–water partition coefficient (Wildman–Crippen LogP) is 7.52. The number of hydrogen-bond acceptors (Lipinski definition) is 1. The van der Waals surface area contributed by atoms with E-state index in [0.29, 0.717) is 29.0 Å². The number of nitrogens with zero attached hydrogens (tertiary/aromatic N) is 1. The Morgan fingerprint density at radius 3 is 2.53 bits per heavy atom. The van der Waals surface area contributed by atoms with Gasteiger partial charge < -0.3 is 10.2 Å². The van der Waals surface area contributed by atoms with Crippen molar-refractivity contribution in [3.63, 3.8) is 0 Å². The van der Waals surface area contributed by atoms with E-state index in [4.69, 9.17) is 23.2 Å². The lowest BCUT2D eigenvalue weighted by molar-refractivity contribution is 0.199. The monoisotopic (exact) mass is 476 g/mol. The molecule has 1 aliphatic carbocycles. The van der Waals surface area contributed by atoms with Crippen LogP contribution in [0.15, 0.2) is 30.3 Å². The lowest BCUT2D eigenvalue weighted by atomic mass is 9.84. The Balaban J connectivity index is 1.40. The molecule has 2 amide bonds. The molecule has 32 heavy (non-hydrogen) atoms. The van der Waals surface area contributed by atoms with Crippen molar-refractivity contribution in [2.45, 2.75) is 52.4 Å². The second-order valence-corrected chi connectivity index (χ2v) is 10.1. The Morgan fingerprint density at radius 2 is 1.84 bits per heavy atom. The van der Waals surface area contributed by atoms with Gasteiger partial charge in [-0.15, -0.1) is 0 Å². The number of urea groups is 1. The van der Waals surface area contributed by atoms with E-state index >= 15 is 0 Å². The standard InChI is InChI=1S/C26H31Cl2FN2O/c1-3-17-12-23(27)22(24(28)13-17)9-8-21-18-5-6-19(21)15-31(11-10-18)26(32)30-20-7-4-16(2)25(29)14-20/h4,7,12-14,18-19,21H,3,5-6,8-11,15H2,1-2H3,(H,30,32). The van der Waals surface area contributed by atoms with E-state index in [2.05, 4.69) is 12.2 Å². The fraction of sp³-hybridized carbons (Fsp3) is 0.500. The van der Waals surface area contributed by atoms with Crippen LogP contribution in [0.2, 0.25) is 10.0 Å². The predicted molar refractivity (Wildman–Crippen MR) is 130 cm³/mol. The number of rotatable bonds is 5. The zero-order chi connectivity index (χ0) is 22.8. The van der Waals surface area contributed by atoms with Gasteiger partial charge >= 0.3 is 6.03 Å². The van der Waals surface area contributed by atoms with Gasteiger partial charge in [-0.1, -0.05) is 36.2 Å². The van der Waals surface area contributed by atoms with E-state index in [9.17, 15) is 9.18 Å². The minimum absolute atomic E-state index is 0.138. The van der Waals surface area contributed by atoms with Crippen molar-refractivity contribution >= 4 is 34.9 Å². The van der Waals surface area contributed by atoms with Gasteiger partial charge in [0.15, 0.2) is 0 Å². The van der Waals surface area contributed by atoms with Crippen LogP contribution in [0.5, 0.6) is 0 Å². The smallest absolute Gasteiger partial charge is 0.321 e. The van der Waals surface area contributed by atoms with Crippen molar-refractivity contribution in [3.05, 3.63) is 62.9 Å². The van der Waals surface area contributed by atoms with Gasteiger partial charge in [0.25, 0.3) is 0 Å². The molecule has 172 valence electrons. The summed E-state index contributed by atoms with van der Waals surface area (Å²) in [5, 5.41) is 4.41. The Labute approximate surface area is 200 Å². The van der Waals surface area contributed by atoms with Gasteiger partial charge in [0.1, 0.15) is 5.82 Å². The van der Waals surface area contributed by atoms with Crippen molar-refractivity contribution in [3.8, 4) is 0 Å². The maximum atomic E-state index is 13.9. The molecule has 2 aromatic carbocycles. The van der Waals surface area contributed by atoms with Crippen LogP contribution in [-0.4, -0.2) is 24.0 Å². The summed E-state index contributed by atoms with van der Waals surface area (Å²) in [5.74, 6) is 1.38. The summed E-state index contributed by atoms with van der Waals surface area (Å²) in [5.41, 5.74) is 3.28. The number of benzene rings is 2. The highest BCUT2D eigenvalue weighted by Crippen LogP contribution is 2.45. The highest BCUT2D eigenvalue weighted by molar-refractivity contribution is 6.36. The van der Waals surface area contributed by atoms with Gasteiger partial charge in [0.05, 0.1) is 0 Å². The highest BCUT2D eigenvalue weighted by Gasteiger charge is 2.40. The summed E-state index contributed by atoms with van der Waals surface area (Å²) in [7, 11) is 0. The van der Waals surface area contributed by atoms with Gasteiger partial charge in [-0.05, 0) is 104 Å². The fourth-order valence-electron chi connectivity index (χ4n) is 5.46. The largest absolute Gasteiger partial charge is 0.324 e. The van der Waals surface area contributed by atoms with Crippen LogP contribution in [0.1, 0.15) is 49.3 Å². The van der Waals surface area contributed by atoms with Crippen LogP contribution in [0, 0.1) is 30.5 Å². The summed E-state index contributed by atoms with van der Waals surface area (Å²) < 4.78 is 13.9. The molecule has 6 heteroatoms. The van der Waals surface area contributed by atoms with Crippen molar-refractivity contribution < 1.29 is 9.18 Å². The van der Waals surface area contributed by atoms with Gasteiger partial charge in [0, 0.05) is 28.8 Å². The average molecular weight is 477 g/mol. The number of anilines is 1. The zero-order valence-electron chi connectivity index (χ0n) is 18.8. The molecular weight excluding hydrogens is 446 g/mol. The van der Waals surface area contributed by atoms with Crippen LogP contribution in [0.4, 0.5) is 14.9 Å². The van der Waals surface area contributed by atoms with Crippen LogP contribution in [0.3, 0.4) is 0 Å². The summed E-state index contributed by atoms with van der Waals surface area (Å²) in [6.45, 7) is 5.30. The van der Waals surface area contributed by atoms with Crippen molar-refractivity contribution in [1.82, 2.24) is 4.90 Å². The summed E-state index contributed by atoms with van der Waals surface area (Å²) in [4.78, 5) is 14.8. The first kappa shape index (κ1) is 23.4. The molecule has 2 aromatic rings. The van der Waals surface area contributed by atoms with E-state index in [-0.39, 0.29) is 11.8 Å². The molecule has 0 spiro atoms. The van der Waals surface area contributed by atoms with Crippen LogP contribution in [0.25, 0.3) is 0 Å². The van der Waals surface area contributed by atoms with Crippen LogP contribution >= 0.6 is 23.2 Å². The quantitative estimate of drug-likeness (QED) is 0.475. The molecule has 3 unspecified atom stereocenters. The lowest BCUT2D eigenvalue weighted by Gasteiger charge is -2.26. The fourth-order valence-corrected chi connectivity index (χ4v) is 6.18. The molecule has 1 heterocycles. The molecule has 2 bridgehead atoms. The van der Waals surface area contributed by atoms with E-state index in [0.717, 1.165) is 66.4 Å². The number of aryl methyl sites for hydroxylation is 2. The SMILES string of the molecule is CCc1cc(Cl)c(CCC2C3CCC2CN(C(=O)Nc2ccc(C)c(F)c2)CC3)c(Cl)c1. The zero-order valence-corrected chi connectivity index (χ0v) is 20.3. The molecular formula is C26H31Cl2FN2O. The van der Waals surface area contributed by atoms with Crippen molar-refractivity contribution in [2.75, 3.05) is 18.4 Å². The number of fused-ring (bicyclic) bond motifs is 2. The molecule has 0 radical (unpaired) electrons. The van der Waals surface area contributed by atoms with Crippen molar-refractivity contribution in [2.24, 2.45) is 17.8 Å². The van der Waals surface area contributed by atoms with E-state index < -0.39 is 0 Å². The average Bonchev–Trinajstić information content (AvgIpc) is 3.02. The van der Waals surface area contributed by atoms with Gasteiger partial charge in [-0.25, -0.2) is 9.18 Å². The molecule has 3 nitrogen and oxygen atoms in total. The first-order chi connectivity index (χ1) is 15.4. The highest BCUT2D eigenvalue weighted by atomic mass is 35.5. The number of hydrogen-bond donors (Lipinski definition) is 1. The number of likely N-dealkylation sites (tertiary alicyclic amines) is 1. The first-order valence-electron chi connectivity index (χ1n) is 11.6. The first-order valence-corrected chi connectivity index (χ1v) is 12.4. The van der Waals surface area contributed by atoms with E-state index in [1.807, 2.05) is 17.0 Å². The van der Waals surface area contributed by atoms with E-state index in [1.54, 1.807) is 19.1 Å². The third kappa shape index (κ3) is 5.07. The normalized spacial score (nSPS) is 22.7. The Bertz CT molecular complexity index is 973. The molecule has 1 aliphatic heterocycles. The number of halogens is 3. The summed E-state index contributed by atoms with van der Waals surface area (Å²) >= 11 is 13.1. The Kier molecular flexibility index (Phi) is 7.31. The van der Waals surface area contributed by atoms with Gasteiger partial charge in [-0.2, -0.15) is 0 Å². The topological polar surface area (TPSA) is 32.3 Å². The molecule has 3 atom stereocenters. The number of amides is 2. The summed E-state index contributed by atoms with van der Waals surface area (Å²) in [6, 6.07) is 8.75. The second kappa shape index (κ2) is 10.0. The number of nitrogens with one attached hydrogen (secondary N) is 1. The lowest BCUT2D eigenvalue weighted by Crippen LogP contribution is -2.38. The molecule has 0 aromatic heterocycles. The minimum Gasteiger partial charge on any atom is -0.324 e. The Hall–Kier alpha value is -1.78. The van der Waals surface area contributed by atoms with Crippen LogP contribution < -0.4 is 5.32 Å². The van der Waals surface area contributed by atoms with Gasteiger partial charge in [-0.3, -0.25) is 0 Å². The number of carbonyl (C=O) groups is 1. The van der Waals surface area contributed by atoms with Crippen LogP contribution in [-0.2, 0) is 12.8 Å². The maximum absolute atomic E-state index is 13.9. The van der Waals surface area contributed by atoms with Crippen molar-refractivity contribution in [1.29, 1.82) is 0 Å². The molecule has 4 rings (SSSR count). The molecule has 1 N–H and O–H groups in total. The third-order valence-corrected chi connectivity index (χ3v) is 8.07. The number of carbonyl (C=O) groups excluding carboxylic acids is 1. The molecule has 2 aliphatic rings. The molecule has 1 saturated heterocycles. The van der Waals surface area contributed by atoms with Gasteiger partial charge in [0.2, 0.25) is 0 Å². The molecule has 2 fully saturated rings. The van der Waals surface area contributed by atoms with E-state index in [1.165, 1.54) is 12.5 Å². The maximum Gasteiger partial charge on any atom is 0.321 e. The minimum atomic E-state index is -0.304. The third-order valence-electron chi connectivity index (χ3n) is 7.39. The molecule has 1 saturated carbocycles. The summed E-state index contributed by atoms with van der Waals surface area (Å²) in [6.07, 6.45) is 6.21. The second-order valence-electron chi connectivity index (χ2n) is 9.32. The Morgan fingerprint density at radius 1 is 1.12 bits per heavy atom.